The SMILES string of the molecule is CC(C)c1ccccc1C(C)(C)c1n(C(C)C)cc[n+]1C(C)C. The van der Waals surface area contributed by atoms with Crippen molar-refractivity contribution in [2.75, 3.05) is 0 Å². The molecule has 0 fully saturated rings. The van der Waals surface area contributed by atoms with E-state index in [0.29, 0.717) is 18.0 Å². The summed E-state index contributed by atoms with van der Waals surface area (Å²) in [7, 11) is 0. The Hall–Kier alpha value is -1.57. The smallest absolute Gasteiger partial charge is 0.231 e. The van der Waals surface area contributed by atoms with Crippen molar-refractivity contribution in [1.29, 1.82) is 0 Å². The molecule has 2 heteroatoms. The molecule has 0 radical (unpaired) electrons. The van der Waals surface area contributed by atoms with Gasteiger partial charge in [0.2, 0.25) is 0 Å². The fourth-order valence-corrected chi connectivity index (χ4v) is 3.59. The number of rotatable bonds is 5. The predicted octanol–water partition coefficient (Wildman–Crippen LogP) is 5.39. The monoisotopic (exact) mass is 313 g/mol. The van der Waals surface area contributed by atoms with Gasteiger partial charge in [0.25, 0.3) is 5.82 Å². The van der Waals surface area contributed by atoms with Gasteiger partial charge in [-0.2, -0.15) is 0 Å². The van der Waals surface area contributed by atoms with Gasteiger partial charge in [-0.05, 0) is 58.6 Å². The molecule has 0 aliphatic heterocycles. The normalized spacial score (nSPS) is 12.7. The molecule has 0 aliphatic rings. The summed E-state index contributed by atoms with van der Waals surface area (Å²) in [4.78, 5) is 0. The van der Waals surface area contributed by atoms with Crippen LogP contribution in [-0.2, 0) is 5.41 Å². The third-order valence-electron chi connectivity index (χ3n) is 4.80. The summed E-state index contributed by atoms with van der Waals surface area (Å²) < 4.78 is 4.86. The van der Waals surface area contributed by atoms with Crippen LogP contribution >= 0.6 is 0 Å². The van der Waals surface area contributed by atoms with Crippen LogP contribution in [0, 0.1) is 0 Å². The number of hydrogen-bond acceptors (Lipinski definition) is 0. The first-order valence-electron chi connectivity index (χ1n) is 8.89. The van der Waals surface area contributed by atoms with Crippen LogP contribution < -0.4 is 4.57 Å². The molecule has 126 valence electrons. The molecular formula is C21H33N2+. The fraction of sp³-hybridized carbons (Fsp3) is 0.571. The minimum atomic E-state index is -0.0428. The summed E-state index contributed by atoms with van der Waals surface area (Å²) in [6.45, 7) is 18.3. The van der Waals surface area contributed by atoms with Crippen molar-refractivity contribution >= 4 is 0 Å². The van der Waals surface area contributed by atoms with Crippen LogP contribution in [0.15, 0.2) is 36.7 Å². The van der Waals surface area contributed by atoms with E-state index in [1.807, 2.05) is 0 Å². The Balaban J connectivity index is 2.72. The largest absolute Gasteiger partial charge is 0.267 e. The van der Waals surface area contributed by atoms with Gasteiger partial charge in [-0.1, -0.05) is 38.1 Å². The Morgan fingerprint density at radius 2 is 1.57 bits per heavy atom. The lowest BCUT2D eigenvalue weighted by Gasteiger charge is -2.28. The van der Waals surface area contributed by atoms with Crippen LogP contribution in [0.25, 0.3) is 0 Å². The van der Waals surface area contributed by atoms with E-state index in [4.69, 9.17) is 0 Å². The van der Waals surface area contributed by atoms with Crippen molar-refractivity contribution in [2.45, 2.75) is 78.8 Å². The molecule has 0 aliphatic carbocycles. The van der Waals surface area contributed by atoms with E-state index in [9.17, 15) is 0 Å². The van der Waals surface area contributed by atoms with Crippen LogP contribution in [0.5, 0.6) is 0 Å². The summed E-state index contributed by atoms with van der Waals surface area (Å²) in [6.07, 6.45) is 4.47. The topological polar surface area (TPSA) is 8.81 Å². The molecule has 0 spiro atoms. The Morgan fingerprint density at radius 1 is 0.957 bits per heavy atom. The second-order valence-electron chi connectivity index (χ2n) is 7.99. The molecule has 2 nitrogen and oxygen atoms in total. The zero-order valence-electron chi connectivity index (χ0n) is 16.1. The summed E-state index contributed by atoms with van der Waals surface area (Å²) in [5, 5.41) is 0. The molecule has 0 saturated carbocycles. The van der Waals surface area contributed by atoms with Gasteiger partial charge in [0.1, 0.15) is 12.4 Å². The van der Waals surface area contributed by atoms with Crippen molar-refractivity contribution in [3.63, 3.8) is 0 Å². The minimum Gasteiger partial charge on any atom is -0.231 e. The first-order chi connectivity index (χ1) is 10.7. The maximum Gasteiger partial charge on any atom is 0.267 e. The molecule has 2 aromatic rings. The molecule has 0 amide bonds. The third kappa shape index (κ3) is 3.22. The van der Waals surface area contributed by atoms with Crippen molar-refractivity contribution in [3.8, 4) is 0 Å². The van der Waals surface area contributed by atoms with Crippen LogP contribution in [0.4, 0.5) is 0 Å². The van der Waals surface area contributed by atoms with Crippen LogP contribution in [0.3, 0.4) is 0 Å². The molecular weight excluding hydrogens is 280 g/mol. The van der Waals surface area contributed by atoms with Gasteiger partial charge in [-0.3, -0.25) is 0 Å². The van der Waals surface area contributed by atoms with Crippen molar-refractivity contribution in [1.82, 2.24) is 4.57 Å². The fourth-order valence-electron chi connectivity index (χ4n) is 3.59. The zero-order valence-corrected chi connectivity index (χ0v) is 16.1. The Morgan fingerprint density at radius 3 is 2.09 bits per heavy atom. The van der Waals surface area contributed by atoms with Gasteiger partial charge in [-0.15, -0.1) is 0 Å². The number of benzene rings is 1. The van der Waals surface area contributed by atoms with Gasteiger partial charge in [-0.25, -0.2) is 9.13 Å². The highest BCUT2D eigenvalue weighted by molar-refractivity contribution is 5.39. The second-order valence-corrected chi connectivity index (χ2v) is 7.99. The van der Waals surface area contributed by atoms with Gasteiger partial charge in [0.15, 0.2) is 0 Å². The van der Waals surface area contributed by atoms with Crippen molar-refractivity contribution < 1.29 is 4.57 Å². The molecule has 0 bridgehead atoms. The molecule has 1 heterocycles. The molecule has 0 atom stereocenters. The van der Waals surface area contributed by atoms with Crippen LogP contribution in [0.1, 0.15) is 90.3 Å². The Bertz CT molecular complexity index is 635. The molecule has 23 heavy (non-hydrogen) atoms. The first-order valence-corrected chi connectivity index (χ1v) is 8.89. The van der Waals surface area contributed by atoms with Gasteiger partial charge < -0.3 is 0 Å². The van der Waals surface area contributed by atoms with Gasteiger partial charge >= 0.3 is 0 Å². The van der Waals surface area contributed by atoms with Gasteiger partial charge in [0, 0.05) is 0 Å². The lowest BCUT2D eigenvalue weighted by Crippen LogP contribution is -2.46. The number of aromatic nitrogens is 2. The van der Waals surface area contributed by atoms with E-state index in [-0.39, 0.29) is 5.41 Å². The summed E-state index contributed by atoms with van der Waals surface area (Å²) in [5.74, 6) is 1.91. The highest BCUT2D eigenvalue weighted by Gasteiger charge is 2.39. The Labute approximate surface area is 142 Å². The summed E-state index contributed by atoms with van der Waals surface area (Å²) >= 11 is 0. The maximum atomic E-state index is 2.43. The maximum absolute atomic E-state index is 2.43. The number of hydrogen-bond donors (Lipinski definition) is 0. The first kappa shape index (κ1) is 17.8. The van der Waals surface area contributed by atoms with Crippen molar-refractivity contribution in [2.24, 2.45) is 0 Å². The average molecular weight is 314 g/mol. The Kier molecular flexibility index (Phi) is 5.03. The molecule has 1 aromatic heterocycles. The van der Waals surface area contributed by atoms with Crippen molar-refractivity contribution in [3.05, 3.63) is 53.6 Å². The minimum absolute atomic E-state index is 0.0428. The quantitative estimate of drug-likeness (QED) is 0.655. The van der Waals surface area contributed by atoms with E-state index in [1.165, 1.54) is 17.0 Å². The van der Waals surface area contributed by atoms with E-state index in [2.05, 4.69) is 101 Å². The highest BCUT2D eigenvalue weighted by Crippen LogP contribution is 2.36. The van der Waals surface area contributed by atoms with E-state index < -0.39 is 0 Å². The van der Waals surface area contributed by atoms with Crippen LogP contribution in [-0.4, -0.2) is 4.57 Å². The summed E-state index contributed by atoms with van der Waals surface area (Å²) in [5.41, 5.74) is 2.84. The lowest BCUT2D eigenvalue weighted by atomic mass is 9.78. The molecule has 1 aromatic carbocycles. The molecule has 0 N–H and O–H groups in total. The standard InChI is InChI=1S/C21H33N2/c1-15(2)18-11-9-10-12-19(18)21(7,8)20-22(16(3)4)13-14-23(20)17(5)6/h9-17H,1-8H3/q+1. The average Bonchev–Trinajstić information content (AvgIpc) is 2.93. The third-order valence-corrected chi connectivity index (χ3v) is 4.80. The molecule has 0 saturated heterocycles. The van der Waals surface area contributed by atoms with Crippen LogP contribution in [0.2, 0.25) is 0 Å². The number of nitrogens with zero attached hydrogens (tertiary/aromatic N) is 2. The molecule has 2 rings (SSSR count). The van der Waals surface area contributed by atoms with E-state index in [0.717, 1.165) is 0 Å². The second kappa shape index (κ2) is 6.51. The molecule has 0 unspecified atom stereocenters. The predicted molar refractivity (Wildman–Crippen MR) is 98.1 cm³/mol. The van der Waals surface area contributed by atoms with E-state index in [1.54, 1.807) is 0 Å². The van der Waals surface area contributed by atoms with E-state index >= 15 is 0 Å². The zero-order chi connectivity index (χ0) is 17.4. The highest BCUT2D eigenvalue weighted by atomic mass is 15.2. The lowest BCUT2D eigenvalue weighted by molar-refractivity contribution is -0.725. The summed E-state index contributed by atoms with van der Waals surface area (Å²) in [6, 6.07) is 9.83. The van der Waals surface area contributed by atoms with Gasteiger partial charge in [0.05, 0.1) is 17.5 Å². The number of imidazole rings is 1.